The average Bonchev–Trinajstić information content (AvgIpc) is 3.37. The number of hydrogen-bond acceptors (Lipinski definition) is 4. The Labute approximate surface area is 178 Å². The van der Waals surface area contributed by atoms with Gasteiger partial charge in [0.2, 0.25) is 5.95 Å². The summed E-state index contributed by atoms with van der Waals surface area (Å²) in [5, 5.41) is 8.57. The van der Waals surface area contributed by atoms with E-state index >= 15 is 0 Å². The molecule has 0 fully saturated rings. The monoisotopic (exact) mass is 412 g/mol. The fourth-order valence-corrected chi connectivity index (χ4v) is 3.67. The number of nitrogens with one attached hydrogen (secondary N) is 2. The van der Waals surface area contributed by atoms with E-state index in [2.05, 4.69) is 26.4 Å². The van der Waals surface area contributed by atoms with Gasteiger partial charge in [-0.3, -0.25) is 9.67 Å². The molecule has 0 saturated heterocycles. The lowest BCUT2D eigenvalue weighted by atomic mass is 10.1. The highest BCUT2D eigenvalue weighted by atomic mass is 19.1. The Morgan fingerprint density at radius 1 is 1.03 bits per heavy atom. The lowest BCUT2D eigenvalue weighted by molar-refractivity contribution is 0.613. The van der Waals surface area contributed by atoms with Gasteiger partial charge in [-0.05, 0) is 37.3 Å². The van der Waals surface area contributed by atoms with Gasteiger partial charge in [-0.2, -0.15) is 5.10 Å². The second-order valence-corrected chi connectivity index (χ2v) is 7.46. The SMILES string of the molecule is Cc1cccc(-c2[nH]c(NCc3ccccc3F)nc2-c2ccc3c(cnn3C)c2)n1. The van der Waals surface area contributed by atoms with Crippen molar-refractivity contribution >= 4 is 16.9 Å². The summed E-state index contributed by atoms with van der Waals surface area (Å²) >= 11 is 0. The first-order valence-electron chi connectivity index (χ1n) is 10.0. The van der Waals surface area contributed by atoms with Gasteiger partial charge in [0.15, 0.2) is 0 Å². The normalized spacial score (nSPS) is 11.2. The van der Waals surface area contributed by atoms with Crippen LogP contribution in [0.4, 0.5) is 10.3 Å². The van der Waals surface area contributed by atoms with Crippen molar-refractivity contribution in [3.05, 3.63) is 83.9 Å². The van der Waals surface area contributed by atoms with Crippen molar-refractivity contribution < 1.29 is 4.39 Å². The lowest BCUT2D eigenvalue weighted by Crippen LogP contribution is -2.02. The molecule has 3 heterocycles. The van der Waals surface area contributed by atoms with E-state index < -0.39 is 0 Å². The van der Waals surface area contributed by atoms with Crippen LogP contribution in [-0.2, 0) is 13.6 Å². The third-order valence-electron chi connectivity index (χ3n) is 5.27. The van der Waals surface area contributed by atoms with Crippen LogP contribution in [-0.4, -0.2) is 24.7 Å². The van der Waals surface area contributed by atoms with Gasteiger partial charge in [-0.25, -0.2) is 9.37 Å². The number of hydrogen-bond donors (Lipinski definition) is 2. The number of pyridine rings is 1. The minimum atomic E-state index is -0.246. The van der Waals surface area contributed by atoms with E-state index in [-0.39, 0.29) is 5.82 Å². The van der Waals surface area contributed by atoms with Gasteiger partial charge in [0.1, 0.15) is 5.82 Å². The third-order valence-corrected chi connectivity index (χ3v) is 5.27. The molecule has 7 heteroatoms. The number of anilines is 1. The summed E-state index contributed by atoms with van der Waals surface area (Å²) in [6.45, 7) is 2.28. The zero-order valence-electron chi connectivity index (χ0n) is 17.2. The molecule has 0 saturated carbocycles. The van der Waals surface area contributed by atoms with Crippen molar-refractivity contribution in [2.45, 2.75) is 13.5 Å². The van der Waals surface area contributed by atoms with E-state index in [1.807, 2.05) is 61.2 Å². The fraction of sp³-hybridized carbons (Fsp3) is 0.125. The second-order valence-electron chi connectivity index (χ2n) is 7.46. The number of nitrogens with zero attached hydrogens (tertiary/aromatic N) is 4. The average molecular weight is 412 g/mol. The topological polar surface area (TPSA) is 71.4 Å². The first-order valence-corrected chi connectivity index (χ1v) is 10.0. The number of benzene rings is 2. The van der Waals surface area contributed by atoms with Gasteiger partial charge in [-0.15, -0.1) is 0 Å². The molecule has 0 radical (unpaired) electrons. The highest BCUT2D eigenvalue weighted by Gasteiger charge is 2.16. The lowest BCUT2D eigenvalue weighted by Gasteiger charge is -2.04. The number of halogens is 1. The summed E-state index contributed by atoms with van der Waals surface area (Å²) in [7, 11) is 1.92. The summed E-state index contributed by atoms with van der Waals surface area (Å²) in [4.78, 5) is 12.8. The van der Waals surface area contributed by atoms with Gasteiger partial charge in [0, 0.05) is 35.8 Å². The van der Waals surface area contributed by atoms with Gasteiger partial charge < -0.3 is 10.3 Å². The predicted octanol–water partition coefficient (Wildman–Crippen LogP) is 5.09. The molecule has 0 aliphatic heterocycles. The number of aryl methyl sites for hydroxylation is 2. The van der Waals surface area contributed by atoms with Crippen LogP contribution in [0.25, 0.3) is 33.5 Å². The maximum Gasteiger partial charge on any atom is 0.201 e. The quantitative estimate of drug-likeness (QED) is 0.422. The molecule has 3 aromatic heterocycles. The molecule has 5 aromatic rings. The summed E-state index contributed by atoms with van der Waals surface area (Å²) in [6, 6.07) is 18.7. The smallest absolute Gasteiger partial charge is 0.201 e. The number of aromatic amines is 1. The van der Waals surface area contributed by atoms with Crippen molar-refractivity contribution in [2.24, 2.45) is 7.05 Å². The molecule has 154 valence electrons. The van der Waals surface area contributed by atoms with Crippen LogP contribution in [0.3, 0.4) is 0 Å². The van der Waals surface area contributed by atoms with E-state index in [0.29, 0.717) is 18.1 Å². The molecule has 0 aliphatic rings. The Bertz CT molecular complexity index is 1380. The van der Waals surface area contributed by atoms with Gasteiger partial charge >= 0.3 is 0 Å². The molecule has 0 spiro atoms. The number of aromatic nitrogens is 5. The molecule has 5 rings (SSSR count). The molecular formula is C24H21FN6. The summed E-state index contributed by atoms with van der Waals surface area (Å²) in [5.41, 5.74) is 5.88. The molecule has 0 bridgehead atoms. The maximum atomic E-state index is 14.0. The molecule has 2 N–H and O–H groups in total. The number of imidazole rings is 1. The van der Waals surface area contributed by atoms with Crippen LogP contribution in [0.15, 0.2) is 66.9 Å². The molecule has 0 amide bonds. The van der Waals surface area contributed by atoms with Gasteiger partial charge in [0.25, 0.3) is 0 Å². The van der Waals surface area contributed by atoms with E-state index in [1.54, 1.807) is 12.1 Å². The van der Waals surface area contributed by atoms with Crippen LogP contribution in [0.1, 0.15) is 11.3 Å². The Morgan fingerprint density at radius 3 is 2.74 bits per heavy atom. The third kappa shape index (κ3) is 3.66. The molecule has 0 aliphatic carbocycles. The zero-order valence-corrected chi connectivity index (χ0v) is 17.2. The largest absolute Gasteiger partial charge is 0.352 e. The summed E-state index contributed by atoms with van der Waals surface area (Å²) < 4.78 is 15.9. The molecule has 31 heavy (non-hydrogen) atoms. The number of rotatable bonds is 5. The van der Waals surface area contributed by atoms with Crippen LogP contribution >= 0.6 is 0 Å². The minimum Gasteiger partial charge on any atom is -0.352 e. The molecule has 0 atom stereocenters. The minimum absolute atomic E-state index is 0.246. The first-order chi connectivity index (χ1) is 15.1. The zero-order chi connectivity index (χ0) is 21.4. The Morgan fingerprint density at radius 2 is 1.90 bits per heavy atom. The molecule has 0 unspecified atom stereocenters. The van der Waals surface area contributed by atoms with E-state index in [1.165, 1.54) is 6.07 Å². The molecular weight excluding hydrogens is 391 g/mol. The van der Waals surface area contributed by atoms with Gasteiger partial charge in [-0.1, -0.05) is 30.3 Å². The number of fused-ring (bicyclic) bond motifs is 1. The Kier molecular flexibility index (Phi) is 4.71. The van der Waals surface area contributed by atoms with Crippen molar-refractivity contribution in [3.63, 3.8) is 0 Å². The predicted molar refractivity (Wildman–Crippen MR) is 120 cm³/mol. The van der Waals surface area contributed by atoms with Crippen molar-refractivity contribution in [3.8, 4) is 22.6 Å². The van der Waals surface area contributed by atoms with E-state index in [0.717, 1.165) is 39.2 Å². The van der Waals surface area contributed by atoms with E-state index in [4.69, 9.17) is 4.98 Å². The maximum absolute atomic E-state index is 14.0. The van der Waals surface area contributed by atoms with E-state index in [9.17, 15) is 4.39 Å². The van der Waals surface area contributed by atoms with Crippen molar-refractivity contribution in [1.82, 2.24) is 24.7 Å². The molecule has 2 aromatic carbocycles. The fourth-order valence-electron chi connectivity index (χ4n) is 3.67. The molecule has 6 nitrogen and oxygen atoms in total. The van der Waals surface area contributed by atoms with Crippen LogP contribution in [0.2, 0.25) is 0 Å². The second kappa shape index (κ2) is 7.68. The number of H-pyrrole nitrogens is 1. The van der Waals surface area contributed by atoms with Gasteiger partial charge in [0.05, 0.1) is 28.8 Å². The highest BCUT2D eigenvalue weighted by Crippen LogP contribution is 2.32. The van der Waals surface area contributed by atoms with Crippen LogP contribution in [0.5, 0.6) is 0 Å². The summed E-state index contributed by atoms with van der Waals surface area (Å²) in [5.74, 6) is 0.312. The highest BCUT2D eigenvalue weighted by molar-refractivity contribution is 5.87. The first kappa shape index (κ1) is 19.0. The van der Waals surface area contributed by atoms with Crippen LogP contribution < -0.4 is 5.32 Å². The van der Waals surface area contributed by atoms with Crippen molar-refractivity contribution in [1.29, 1.82) is 0 Å². The standard InChI is InChI=1S/C24H21FN6/c1-15-6-5-9-20(28-15)23-22(16-10-11-21-18(12-16)14-27-31(21)2)29-24(30-23)26-13-17-7-3-4-8-19(17)25/h3-12,14H,13H2,1-2H3,(H2,26,29,30). The Hall–Kier alpha value is -4.00. The summed E-state index contributed by atoms with van der Waals surface area (Å²) in [6.07, 6.45) is 1.84. The Balaban J connectivity index is 1.57. The van der Waals surface area contributed by atoms with Crippen molar-refractivity contribution in [2.75, 3.05) is 5.32 Å². The van der Waals surface area contributed by atoms with Crippen LogP contribution in [0, 0.1) is 12.7 Å².